The van der Waals surface area contributed by atoms with E-state index >= 15 is 0 Å². The van der Waals surface area contributed by atoms with Crippen LogP contribution in [0.25, 0.3) is 0 Å². The molecule has 0 unspecified atom stereocenters. The Morgan fingerprint density at radius 2 is 2.17 bits per heavy atom. The van der Waals surface area contributed by atoms with Crippen molar-refractivity contribution in [1.82, 2.24) is 4.31 Å². The third-order valence-corrected chi connectivity index (χ3v) is 5.87. The van der Waals surface area contributed by atoms with Crippen molar-refractivity contribution in [3.05, 3.63) is 41.7 Å². The van der Waals surface area contributed by atoms with Gasteiger partial charge in [0.15, 0.2) is 0 Å². The number of sulfonamides is 1. The molecule has 1 aromatic rings. The minimum Gasteiger partial charge on any atom is -0.307 e. The van der Waals surface area contributed by atoms with Gasteiger partial charge in [0.05, 0.1) is 5.75 Å². The fourth-order valence-electron chi connectivity index (χ4n) is 2.48. The second kappa shape index (κ2) is 7.23. The summed E-state index contributed by atoms with van der Waals surface area (Å²) in [6.45, 7) is 4.30. The number of hydrogen-bond acceptors (Lipinski definition) is 3. The lowest BCUT2D eigenvalue weighted by Gasteiger charge is -2.25. The lowest BCUT2D eigenvalue weighted by Crippen LogP contribution is -2.39. The molecule has 1 aliphatic rings. The summed E-state index contributed by atoms with van der Waals surface area (Å²) in [5.74, 6) is -0.545. The van der Waals surface area contributed by atoms with Gasteiger partial charge < -0.3 is 4.90 Å². The maximum Gasteiger partial charge on any atom is 0.253 e. The number of halogens is 1. The Kier molecular flexibility index (Phi) is 5.54. The van der Waals surface area contributed by atoms with Crippen molar-refractivity contribution in [2.45, 2.75) is 20.3 Å². The van der Waals surface area contributed by atoms with Crippen molar-refractivity contribution in [3.63, 3.8) is 0 Å². The van der Waals surface area contributed by atoms with Gasteiger partial charge in [-0.25, -0.2) is 17.1 Å². The standard InChI is InChI=1S/C16H21FN2O3S/c1-3-13(2)16(20)19(15-7-4-6-14(17)12-15)10-9-18-8-5-11-23(18,21)22/h3-4,6-7,12H,5,8-11H2,1-2H3/b13-3+. The SMILES string of the molecule is C/C=C(\C)C(=O)N(CCN1CCCS1(=O)=O)c1cccc(F)c1. The van der Waals surface area contributed by atoms with Crippen LogP contribution < -0.4 is 4.90 Å². The topological polar surface area (TPSA) is 57.7 Å². The lowest BCUT2D eigenvalue weighted by atomic mass is 10.2. The van der Waals surface area contributed by atoms with Gasteiger partial charge in [-0.2, -0.15) is 0 Å². The Labute approximate surface area is 136 Å². The average Bonchev–Trinajstić information content (AvgIpc) is 2.85. The Balaban J connectivity index is 2.22. The highest BCUT2D eigenvalue weighted by Gasteiger charge is 2.29. The second-order valence-electron chi connectivity index (χ2n) is 5.48. The molecular weight excluding hydrogens is 319 g/mol. The first kappa shape index (κ1) is 17.6. The van der Waals surface area contributed by atoms with Gasteiger partial charge in [0, 0.05) is 30.9 Å². The van der Waals surface area contributed by atoms with Gasteiger partial charge >= 0.3 is 0 Å². The van der Waals surface area contributed by atoms with Crippen LogP contribution in [0.2, 0.25) is 0 Å². The summed E-state index contributed by atoms with van der Waals surface area (Å²) in [4.78, 5) is 13.9. The fourth-order valence-corrected chi connectivity index (χ4v) is 4.00. The van der Waals surface area contributed by atoms with Crippen LogP contribution in [0.1, 0.15) is 20.3 Å². The monoisotopic (exact) mass is 340 g/mol. The molecule has 1 fully saturated rings. The van der Waals surface area contributed by atoms with E-state index in [1.165, 1.54) is 27.4 Å². The first-order valence-corrected chi connectivity index (χ1v) is 9.14. The van der Waals surface area contributed by atoms with Crippen LogP contribution >= 0.6 is 0 Å². The van der Waals surface area contributed by atoms with Gasteiger partial charge in [-0.15, -0.1) is 0 Å². The zero-order chi connectivity index (χ0) is 17.0. The van der Waals surface area contributed by atoms with E-state index in [-0.39, 0.29) is 24.7 Å². The van der Waals surface area contributed by atoms with E-state index in [4.69, 9.17) is 0 Å². The largest absolute Gasteiger partial charge is 0.307 e. The van der Waals surface area contributed by atoms with Crippen molar-refractivity contribution < 1.29 is 17.6 Å². The van der Waals surface area contributed by atoms with E-state index in [2.05, 4.69) is 0 Å². The lowest BCUT2D eigenvalue weighted by molar-refractivity contribution is -0.115. The summed E-state index contributed by atoms with van der Waals surface area (Å²) in [5.41, 5.74) is 0.950. The number of anilines is 1. The molecule has 126 valence electrons. The van der Waals surface area contributed by atoms with Crippen molar-refractivity contribution in [2.75, 3.05) is 30.3 Å². The Morgan fingerprint density at radius 1 is 1.43 bits per heavy atom. The highest BCUT2D eigenvalue weighted by atomic mass is 32.2. The Morgan fingerprint density at radius 3 is 2.74 bits per heavy atom. The molecule has 23 heavy (non-hydrogen) atoms. The summed E-state index contributed by atoms with van der Waals surface area (Å²) < 4.78 is 38.6. The molecule has 1 aromatic carbocycles. The molecule has 0 spiro atoms. The zero-order valence-corrected chi connectivity index (χ0v) is 14.1. The van der Waals surface area contributed by atoms with Crippen LogP contribution in [0.4, 0.5) is 10.1 Å². The number of nitrogens with zero attached hydrogens (tertiary/aromatic N) is 2. The quantitative estimate of drug-likeness (QED) is 0.772. The predicted molar refractivity (Wildman–Crippen MR) is 88.2 cm³/mol. The molecule has 0 aromatic heterocycles. The number of allylic oxidation sites excluding steroid dienone is 1. The molecular formula is C16H21FN2O3S. The van der Waals surface area contributed by atoms with Crippen molar-refractivity contribution in [3.8, 4) is 0 Å². The van der Waals surface area contributed by atoms with E-state index in [1.807, 2.05) is 0 Å². The zero-order valence-electron chi connectivity index (χ0n) is 13.3. The fraction of sp³-hybridized carbons (Fsp3) is 0.438. The summed E-state index contributed by atoms with van der Waals surface area (Å²) in [6.07, 6.45) is 2.28. The highest BCUT2D eigenvalue weighted by Crippen LogP contribution is 2.19. The molecule has 2 rings (SSSR count). The molecule has 1 heterocycles. The molecule has 0 saturated carbocycles. The van der Waals surface area contributed by atoms with Gasteiger partial charge in [0.1, 0.15) is 5.82 Å². The van der Waals surface area contributed by atoms with Gasteiger partial charge in [-0.1, -0.05) is 12.1 Å². The van der Waals surface area contributed by atoms with Crippen molar-refractivity contribution in [2.24, 2.45) is 0 Å². The molecule has 0 bridgehead atoms. The van der Waals surface area contributed by atoms with E-state index in [1.54, 1.807) is 26.0 Å². The predicted octanol–water partition coefficient (Wildman–Crippen LogP) is 2.16. The van der Waals surface area contributed by atoms with Crippen LogP contribution in [-0.4, -0.2) is 44.0 Å². The second-order valence-corrected chi connectivity index (χ2v) is 7.57. The molecule has 0 radical (unpaired) electrons. The maximum atomic E-state index is 13.5. The van der Waals surface area contributed by atoms with Gasteiger partial charge in [-0.05, 0) is 38.5 Å². The number of carbonyl (C=O) groups is 1. The summed E-state index contributed by atoms with van der Waals surface area (Å²) in [5, 5.41) is 0. The number of amides is 1. The summed E-state index contributed by atoms with van der Waals surface area (Å²) >= 11 is 0. The number of benzene rings is 1. The minimum atomic E-state index is -3.22. The van der Waals surface area contributed by atoms with E-state index in [9.17, 15) is 17.6 Å². The summed E-state index contributed by atoms with van der Waals surface area (Å²) in [6, 6.07) is 5.75. The Hall–Kier alpha value is -1.73. The summed E-state index contributed by atoms with van der Waals surface area (Å²) in [7, 11) is -3.22. The number of rotatable bonds is 5. The molecule has 5 nitrogen and oxygen atoms in total. The molecule has 7 heteroatoms. The van der Waals surface area contributed by atoms with Gasteiger partial charge in [-0.3, -0.25) is 4.79 Å². The van der Waals surface area contributed by atoms with Crippen LogP contribution in [-0.2, 0) is 14.8 Å². The molecule has 0 atom stereocenters. The third kappa shape index (κ3) is 4.17. The maximum absolute atomic E-state index is 13.5. The molecule has 0 N–H and O–H groups in total. The average molecular weight is 340 g/mol. The van der Waals surface area contributed by atoms with E-state index < -0.39 is 15.8 Å². The van der Waals surface area contributed by atoms with Crippen LogP contribution in [0.15, 0.2) is 35.9 Å². The normalized spacial score (nSPS) is 18.1. The molecule has 1 saturated heterocycles. The molecule has 1 aliphatic heterocycles. The van der Waals surface area contributed by atoms with Gasteiger partial charge in [0.2, 0.25) is 10.0 Å². The first-order chi connectivity index (χ1) is 10.8. The van der Waals surface area contributed by atoms with Crippen LogP contribution in [0.5, 0.6) is 0 Å². The van der Waals surface area contributed by atoms with Gasteiger partial charge in [0.25, 0.3) is 5.91 Å². The number of carbonyl (C=O) groups excluding carboxylic acids is 1. The molecule has 0 aliphatic carbocycles. The minimum absolute atomic E-state index is 0.148. The Bertz CT molecular complexity index is 716. The molecule has 1 amide bonds. The van der Waals surface area contributed by atoms with E-state index in [0.717, 1.165) is 0 Å². The highest BCUT2D eigenvalue weighted by molar-refractivity contribution is 7.89. The smallest absolute Gasteiger partial charge is 0.253 e. The van der Waals surface area contributed by atoms with Crippen LogP contribution in [0.3, 0.4) is 0 Å². The number of hydrogen-bond donors (Lipinski definition) is 0. The van der Waals surface area contributed by atoms with Crippen molar-refractivity contribution in [1.29, 1.82) is 0 Å². The third-order valence-electron chi connectivity index (χ3n) is 3.91. The van der Waals surface area contributed by atoms with Crippen molar-refractivity contribution >= 4 is 21.6 Å². The van der Waals surface area contributed by atoms with Crippen LogP contribution in [0, 0.1) is 5.82 Å². The first-order valence-electron chi connectivity index (χ1n) is 7.53. The van der Waals surface area contributed by atoms with E-state index in [0.29, 0.717) is 24.2 Å².